The lowest BCUT2D eigenvalue weighted by molar-refractivity contribution is -0.0839. The third-order valence-electron chi connectivity index (χ3n) is 5.41. The molecule has 0 saturated carbocycles. The quantitative estimate of drug-likeness (QED) is 0.843. The zero-order valence-electron chi connectivity index (χ0n) is 17.2. The van der Waals surface area contributed by atoms with E-state index < -0.39 is 0 Å². The van der Waals surface area contributed by atoms with Crippen molar-refractivity contribution in [2.24, 2.45) is 11.3 Å². The van der Waals surface area contributed by atoms with Crippen LogP contribution in [0.15, 0.2) is 29.0 Å². The Balaban J connectivity index is 1.47. The molecule has 2 aliphatic heterocycles. The molecular weight excluding hydrogens is 372 g/mol. The van der Waals surface area contributed by atoms with Crippen molar-refractivity contribution in [1.29, 1.82) is 0 Å². The SMILES string of the molecule is CC(C)(C)[C@@H]1OCCC[C@@H]1CNC(=O)c1ncoc1-c1ccc2c(c1)OCCO2. The van der Waals surface area contributed by atoms with E-state index in [-0.39, 0.29) is 29.0 Å². The van der Waals surface area contributed by atoms with E-state index in [1.807, 2.05) is 18.2 Å². The normalized spacial score (nSPS) is 21.6. The third-order valence-corrected chi connectivity index (χ3v) is 5.41. The molecule has 0 radical (unpaired) electrons. The van der Waals surface area contributed by atoms with Crippen LogP contribution in [0.1, 0.15) is 44.1 Å². The van der Waals surface area contributed by atoms with Crippen molar-refractivity contribution in [3.63, 3.8) is 0 Å². The Bertz CT molecular complexity index is 870. The van der Waals surface area contributed by atoms with E-state index in [4.69, 9.17) is 18.6 Å². The van der Waals surface area contributed by atoms with Gasteiger partial charge in [-0.3, -0.25) is 4.79 Å². The molecule has 1 N–H and O–H groups in total. The molecule has 29 heavy (non-hydrogen) atoms. The average Bonchev–Trinajstić information content (AvgIpc) is 3.21. The zero-order chi connectivity index (χ0) is 20.4. The van der Waals surface area contributed by atoms with Crippen LogP contribution in [0.5, 0.6) is 11.5 Å². The fourth-order valence-corrected chi connectivity index (χ4v) is 4.11. The van der Waals surface area contributed by atoms with Crippen LogP contribution in [0.25, 0.3) is 11.3 Å². The second-order valence-corrected chi connectivity index (χ2v) is 8.66. The smallest absolute Gasteiger partial charge is 0.273 e. The first-order valence-corrected chi connectivity index (χ1v) is 10.2. The van der Waals surface area contributed by atoms with E-state index in [9.17, 15) is 4.79 Å². The van der Waals surface area contributed by atoms with Gasteiger partial charge in [0.25, 0.3) is 5.91 Å². The molecule has 7 nitrogen and oxygen atoms in total. The van der Waals surface area contributed by atoms with Gasteiger partial charge in [-0.25, -0.2) is 4.98 Å². The minimum absolute atomic E-state index is 0.0278. The Morgan fingerprint density at radius 1 is 1.17 bits per heavy atom. The number of hydrogen-bond acceptors (Lipinski definition) is 6. The van der Waals surface area contributed by atoms with Gasteiger partial charge in [-0.15, -0.1) is 0 Å². The summed E-state index contributed by atoms with van der Waals surface area (Å²) in [6, 6.07) is 5.48. The summed E-state index contributed by atoms with van der Waals surface area (Å²) in [6.45, 7) is 8.89. The van der Waals surface area contributed by atoms with E-state index >= 15 is 0 Å². The van der Waals surface area contributed by atoms with Gasteiger partial charge in [0.1, 0.15) is 13.2 Å². The van der Waals surface area contributed by atoms with Crippen molar-refractivity contribution in [2.45, 2.75) is 39.7 Å². The molecule has 2 aliphatic rings. The van der Waals surface area contributed by atoms with Gasteiger partial charge in [-0.2, -0.15) is 0 Å². The summed E-state index contributed by atoms with van der Waals surface area (Å²) in [7, 11) is 0. The summed E-state index contributed by atoms with van der Waals surface area (Å²) in [5, 5.41) is 3.03. The van der Waals surface area contributed by atoms with Gasteiger partial charge in [0.15, 0.2) is 29.3 Å². The van der Waals surface area contributed by atoms with Crippen LogP contribution in [0.4, 0.5) is 0 Å². The fraction of sp³-hybridized carbons (Fsp3) is 0.545. The highest BCUT2D eigenvalue weighted by atomic mass is 16.6. The maximum absolute atomic E-state index is 12.9. The zero-order valence-corrected chi connectivity index (χ0v) is 17.2. The Labute approximate surface area is 170 Å². The predicted octanol–water partition coefficient (Wildman–Crippen LogP) is 3.68. The van der Waals surface area contributed by atoms with Crippen LogP contribution in [0.2, 0.25) is 0 Å². The molecule has 0 bridgehead atoms. The number of oxazole rings is 1. The number of aromatic nitrogens is 1. The molecule has 1 amide bonds. The molecule has 2 aromatic rings. The summed E-state index contributed by atoms with van der Waals surface area (Å²) in [6.07, 6.45) is 3.46. The molecule has 7 heteroatoms. The van der Waals surface area contributed by atoms with Crippen molar-refractivity contribution in [2.75, 3.05) is 26.4 Å². The number of amides is 1. The number of carbonyl (C=O) groups excluding carboxylic acids is 1. The van der Waals surface area contributed by atoms with Gasteiger partial charge >= 0.3 is 0 Å². The van der Waals surface area contributed by atoms with Gasteiger partial charge in [0.05, 0.1) is 6.10 Å². The van der Waals surface area contributed by atoms with Crippen LogP contribution in [-0.2, 0) is 4.74 Å². The summed E-state index contributed by atoms with van der Waals surface area (Å²) < 4.78 is 22.7. The highest BCUT2D eigenvalue weighted by Gasteiger charge is 2.35. The molecule has 0 aliphatic carbocycles. The summed E-state index contributed by atoms with van der Waals surface area (Å²) >= 11 is 0. The highest BCUT2D eigenvalue weighted by molar-refractivity contribution is 5.97. The summed E-state index contributed by atoms with van der Waals surface area (Å²) in [4.78, 5) is 17.0. The van der Waals surface area contributed by atoms with Gasteiger partial charge in [-0.1, -0.05) is 20.8 Å². The van der Waals surface area contributed by atoms with Gasteiger partial charge in [-0.05, 0) is 36.5 Å². The molecule has 156 valence electrons. The molecule has 3 heterocycles. The number of nitrogens with zero attached hydrogens (tertiary/aromatic N) is 1. The third kappa shape index (κ3) is 4.24. The molecule has 2 atom stereocenters. The summed E-state index contributed by atoms with van der Waals surface area (Å²) in [5.74, 6) is 1.78. The molecule has 0 spiro atoms. The monoisotopic (exact) mass is 400 g/mol. The van der Waals surface area contributed by atoms with E-state index in [0.717, 1.165) is 25.0 Å². The average molecular weight is 400 g/mol. The molecule has 1 aromatic heterocycles. The second-order valence-electron chi connectivity index (χ2n) is 8.66. The minimum Gasteiger partial charge on any atom is -0.486 e. The van der Waals surface area contributed by atoms with Crippen LogP contribution in [-0.4, -0.2) is 43.4 Å². The Kier molecular flexibility index (Phi) is 5.50. The van der Waals surface area contributed by atoms with Crippen LogP contribution >= 0.6 is 0 Å². The standard InChI is InChI=1S/C22H28N2O5/c1-22(2,3)20-15(5-4-8-28-20)12-23-21(25)18-19(29-13-24-18)14-6-7-16-17(11-14)27-10-9-26-16/h6-7,11,13,15,20H,4-5,8-10,12H2,1-3H3,(H,23,25)/t15-,20-/m1/s1. The van der Waals surface area contributed by atoms with Crippen molar-refractivity contribution in [3.8, 4) is 22.8 Å². The Hall–Kier alpha value is -2.54. The lowest BCUT2D eigenvalue weighted by atomic mass is 9.78. The fourth-order valence-electron chi connectivity index (χ4n) is 4.11. The first kappa shape index (κ1) is 19.8. The number of benzene rings is 1. The minimum atomic E-state index is -0.248. The predicted molar refractivity (Wildman–Crippen MR) is 107 cm³/mol. The van der Waals surface area contributed by atoms with Gasteiger partial charge in [0, 0.05) is 24.6 Å². The molecule has 4 rings (SSSR count). The lowest BCUT2D eigenvalue weighted by Gasteiger charge is -2.40. The molecule has 1 fully saturated rings. The molecule has 1 saturated heterocycles. The van der Waals surface area contributed by atoms with Crippen molar-refractivity contribution < 1.29 is 23.4 Å². The largest absolute Gasteiger partial charge is 0.486 e. The van der Waals surface area contributed by atoms with Crippen molar-refractivity contribution in [3.05, 3.63) is 30.3 Å². The maximum atomic E-state index is 12.9. The number of nitrogens with one attached hydrogen (secondary N) is 1. The lowest BCUT2D eigenvalue weighted by Crippen LogP contribution is -2.45. The van der Waals surface area contributed by atoms with Crippen LogP contribution in [0.3, 0.4) is 0 Å². The summed E-state index contributed by atoms with van der Waals surface area (Å²) in [5.41, 5.74) is 1.02. The van der Waals surface area contributed by atoms with E-state index in [2.05, 4.69) is 31.1 Å². The molecular formula is C22H28N2O5. The number of hydrogen-bond donors (Lipinski definition) is 1. The number of ether oxygens (including phenoxy) is 3. The van der Waals surface area contributed by atoms with Gasteiger partial charge < -0.3 is 23.9 Å². The number of fused-ring (bicyclic) bond motifs is 1. The van der Waals surface area contributed by atoms with Crippen molar-refractivity contribution in [1.82, 2.24) is 10.3 Å². The van der Waals surface area contributed by atoms with Crippen molar-refractivity contribution >= 4 is 5.91 Å². The highest BCUT2D eigenvalue weighted by Crippen LogP contribution is 2.36. The van der Waals surface area contributed by atoms with E-state index in [1.165, 1.54) is 6.39 Å². The van der Waals surface area contributed by atoms with Crippen LogP contribution < -0.4 is 14.8 Å². The van der Waals surface area contributed by atoms with Crippen LogP contribution in [0, 0.1) is 11.3 Å². The second kappa shape index (κ2) is 8.06. The Morgan fingerprint density at radius 2 is 1.97 bits per heavy atom. The van der Waals surface area contributed by atoms with Gasteiger partial charge in [0.2, 0.25) is 0 Å². The maximum Gasteiger partial charge on any atom is 0.273 e. The Morgan fingerprint density at radius 3 is 2.76 bits per heavy atom. The first-order valence-electron chi connectivity index (χ1n) is 10.2. The van der Waals surface area contributed by atoms with E-state index in [0.29, 0.717) is 37.0 Å². The number of rotatable bonds is 4. The number of carbonyl (C=O) groups is 1. The topological polar surface area (TPSA) is 82.8 Å². The first-order chi connectivity index (χ1) is 13.9. The van der Waals surface area contributed by atoms with E-state index in [1.54, 1.807) is 0 Å². The molecule has 0 unspecified atom stereocenters. The molecule has 1 aromatic carbocycles.